The van der Waals surface area contributed by atoms with Gasteiger partial charge in [0.25, 0.3) is 0 Å². The molecule has 1 N–H and O–H groups in total. The van der Waals surface area contributed by atoms with Gasteiger partial charge in [-0.25, -0.2) is 4.89 Å². The van der Waals surface area contributed by atoms with E-state index in [0.29, 0.717) is 17.3 Å². The third-order valence-corrected chi connectivity index (χ3v) is 2.37. The van der Waals surface area contributed by atoms with Crippen molar-refractivity contribution in [1.82, 2.24) is 0 Å². The van der Waals surface area contributed by atoms with Gasteiger partial charge in [-0.05, 0) is 17.3 Å². The summed E-state index contributed by atoms with van der Waals surface area (Å²) in [6.45, 7) is 1.42. The van der Waals surface area contributed by atoms with Crippen LogP contribution in [0.4, 0.5) is 0 Å². The van der Waals surface area contributed by atoms with E-state index in [1.165, 1.54) is 6.92 Å². The fraction of sp³-hybridized carbons (Fsp3) is 0.200. The lowest BCUT2D eigenvalue weighted by molar-refractivity contribution is -0.253. The number of benzene rings is 1. The molecule has 4 nitrogen and oxygen atoms in total. The maximum absolute atomic E-state index is 11.4. The van der Waals surface area contributed by atoms with Crippen molar-refractivity contribution in [1.29, 1.82) is 0 Å². The fourth-order valence-electron chi connectivity index (χ4n) is 1.00. The molecule has 0 radical (unpaired) electrons. The molecule has 0 saturated heterocycles. The normalized spacial score (nSPS) is 10.0. The molecule has 5 heteroatoms. The molecule has 0 aromatic heterocycles. The van der Waals surface area contributed by atoms with Gasteiger partial charge >= 0.3 is 0 Å². The second-order valence-electron chi connectivity index (χ2n) is 2.85. The minimum absolute atomic E-state index is 0.0777. The van der Waals surface area contributed by atoms with Crippen LogP contribution in [-0.4, -0.2) is 15.5 Å². The predicted molar refractivity (Wildman–Crippen MR) is 56.5 cm³/mol. The first kappa shape index (κ1) is 11.9. The summed E-state index contributed by atoms with van der Waals surface area (Å²) in [4.78, 5) is 26.0. The lowest BCUT2D eigenvalue weighted by atomic mass is 10.2. The highest BCUT2D eigenvalue weighted by atomic mass is 32.2. The van der Waals surface area contributed by atoms with Gasteiger partial charge < -0.3 is 0 Å². The number of thioether (sulfide) groups is 1. The molecule has 0 atom stereocenters. The molecule has 0 aliphatic rings. The average Bonchev–Trinajstić information content (AvgIpc) is 2.18. The smallest absolute Gasteiger partial charge is 0.226 e. The Morgan fingerprint density at radius 1 is 1.33 bits per heavy atom. The molecule has 1 aromatic carbocycles. The molecular weight excluding hydrogens is 216 g/mol. The molecule has 1 aromatic rings. The van der Waals surface area contributed by atoms with E-state index in [1.54, 1.807) is 24.3 Å². The quantitative estimate of drug-likeness (QED) is 0.631. The first-order valence-electron chi connectivity index (χ1n) is 4.21. The Kier molecular flexibility index (Phi) is 4.48. The summed E-state index contributed by atoms with van der Waals surface area (Å²) < 4.78 is 0. The van der Waals surface area contributed by atoms with Crippen molar-refractivity contribution >= 4 is 22.0 Å². The Morgan fingerprint density at radius 2 is 1.93 bits per heavy atom. The molecule has 0 unspecified atom stereocenters. The van der Waals surface area contributed by atoms with E-state index in [4.69, 9.17) is 5.26 Å². The summed E-state index contributed by atoms with van der Waals surface area (Å²) in [5.74, 6) is 0. The number of hydrogen-bond acceptors (Lipinski definition) is 5. The van der Waals surface area contributed by atoms with Gasteiger partial charge in [-0.2, -0.15) is 0 Å². The summed E-state index contributed by atoms with van der Waals surface area (Å²) in [7, 11) is 0. The molecule has 0 spiro atoms. The van der Waals surface area contributed by atoms with E-state index in [1.807, 2.05) is 0 Å². The maximum atomic E-state index is 11.4. The van der Waals surface area contributed by atoms with Crippen LogP contribution in [0.15, 0.2) is 24.3 Å². The summed E-state index contributed by atoms with van der Waals surface area (Å²) in [5.41, 5.74) is 1.21. The standard InChI is InChI=1S/C10H10O4S/c1-7(11)15-10(12)9-4-2-8(3-5-9)6-14-13/h2-5,13H,6H2,1H3. The van der Waals surface area contributed by atoms with Gasteiger partial charge in [-0.15, -0.1) is 0 Å². The van der Waals surface area contributed by atoms with Crippen LogP contribution in [0.1, 0.15) is 22.8 Å². The van der Waals surface area contributed by atoms with Crippen LogP contribution >= 0.6 is 11.8 Å². The SMILES string of the molecule is CC(=O)SC(=O)c1ccc(COO)cc1. The molecule has 0 amide bonds. The van der Waals surface area contributed by atoms with Gasteiger partial charge in [0.2, 0.25) is 5.12 Å². The first-order chi connectivity index (χ1) is 7.13. The molecule has 80 valence electrons. The summed E-state index contributed by atoms with van der Waals surface area (Å²) in [6.07, 6.45) is 0. The van der Waals surface area contributed by atoms with E-state index < -0.39 is 0 Å². The minimum atomic E-state index is -0.279. The fourth-order valence-corrected chi connectivity index (χ4v) is 1.52. The molecule has 0 bridgehead atoms. The second kappa shape index (κ2) is 5.65. The van der Waals surface area contributed by atoms with E-state index in [0.717, 1.165) is 5.56 Å². The largest absolute Gasteiger partial charge is 0.287 e. The summed E-state index contributed by atoms with van der Waals surface area (Å²) >= 11 is 0.668. The zero-order valence-corrected chi connectivity index (χ0v) is 8.91. The van der Waals surface area contributed by atoms with Crippen LogP contribution in [-0.2, 0) is 16.3 Å². The molecular formula is C10H10O4S. The van der Waals surface area contributed by atoms with Crippen LogP contribution in [0.2, 0.25) is 0 Å². The second-order valence-corrected chi connectivity index (χ2v) is 4.00. The highest BCUT2D eigenvalue weighted by molar-refractivity contribution is 8.26. The molecule has 15 heavy (non-hydrogen) atoms. The van der Waals surface area contributed by atoms with Gasteiger partial charge in [0, 0.05) is 12.5 Å². The monoisotopic (exact) mass is 226 g/mol. The average molecular weight is 226 g/mol. The van der Waals surface area contributed by atoms with E-state index >= 15 is 0 Å². The third kappa shape index (κ3) is 3.83. The summed E-state index contributed by atoms with van der Waals surface area (Å²) in [6, 6.07) is 6.49. The summed E-state index contributed by atoms with van der Waals surface area (Å²) in [5, 5.41) is 7.69. The predicted octanol–water partition coefficient (Wildman–Crippen LogP) is 2.10. The van der Waals surface area contributed by atoms with E-state index in [-0.39, 0.29) is 16.8 Å². The zero-order chi connectivity index (χ0) is 11.3. The Hall–Kier alpha value is -1.17. The number of carbonyl (C=O) groups is 2. The number of rotatable bonds is 3. The van der Waals surface area contributed by atoms with Gasteiger partial charge in [0.15, 0.2) is 5.12 Å². The molecule has 0 heterocycles. The van der Waals surface area contributed by atoms with Gasteiger partial charge in [-0.3, -0.25) is 14.8 Å². The molecule has 0 saturated carbocycles. The Labute approximate surface area is 91.2 Å². The first-order valence-corrected chi connectivity index (χ1v) is 5.03. The molecule has 0 aliphatic carbocycles. The Bertz CT molecular complexity index is 358. The lowest BCUT2D eigenvalue weighted by Crippen LogP contribution is -1.97. The van der Waals surface area contributed by atoms with E-state index in [2.05, 4.69) is 4.89 Å². The maximum Gasteiger partial charge on any atom is 0.226 e. The Morgan fingerprint density at radius 3 is 2.40 bits per heavy atom. The topological polar surface area (TPSA) is 63.6 Å². The van der Waals surface area contributed by atoms with Crippen LogP contribution < -0.4 is 0 Å². The molecule has 0 fully saturated rings. The van der Waals surface area contributed by atoms with Crippen molar-refractivity contribution in [2.24, 2.45) is 0 Å². The highest BCUT2D eigenvalue weighted by Gasteiger charge is 2.09. The lowest BCUT2D eigenvalue weighted by Gasteiger charge is -2.00. The van der Waals surface area contributed by atoms with Crippen molar-refractivity contribution in [2.45, 2.75) is 13.5 Å². The molecule has 0 aliphatic heterocycles. The number of hydrogen-bond donors (Lipinski definition) is 1. The van der Waals surface area contributed by atoms with Crippen LogP contribution in [0, 0.1) is 0 Å². The zero-order valence-electron chi connectivity index (χ0n) is 8.10. The molecule has 1 rings (SSSR count). The highest BCUT2D eigenvalue weighted by Crippen LogP contribution is 2.14. The van der Waals surface area contributed by atoms with Crippen LogP contribution in [0.3, 0.4) is 0 Å². The van der Waals surface area contributed by atoms with Gasteiger partial charge in [0.05, 0.1) is 0 Å². The third-order valence-electron chi connectivity index (χ3n) is 1.66. The van der Waals surface area contributed by atoms with Crippen molar-refractivity contribution in [3.05, 3.63) is 35.4 Å². The van der Waals surface area contributed by atoms with Gasteiger partial charge in [0.1, 0.15) is 6.61 Å². The van der Waals surface area contributed by atoms with Crippen LogP contribution in [0.5, 0.6) is 0 Å². The Balaban J connectivity index is 2.71. The van der Waals surface area contributed by atoms with Crippen molar-refractivity contribution < 1.29 is 19.7 Å². The van der Waals surface area contributed by atoms with Crippen molar-refractivity contribution in [2.75, 3.05) is 0 Å². The van der Waals surface area contributed by atoms with Crippen molar-refractivity contribution in [3.63, 3.8) is 0 Å². The van der Waals surface area contributed by atoms with E-state index in [9.17, 15) is 9.59 Å². The van der Waals surface area contributed by atoms with Gasteiger partial charge in [-0.1, -0.05) is 24.3 Å². The van der Waals surface area contributed by atoms with Crippen LogP contribution in [0.25, 0.3) is 0 Å². The number of carbonyl (C=O) groups excluding carboxylic acids is 2. The minimum Gasteiger partial charge on any atom is -0.287 e. The van der Waals surface area contributed by atoms with Crippen molar-refractivity contribution in [3.8, 4) is 0 Å².